The third kappa shape index (κ3) is 3.69. The van der Waals surface area contributed by atoms with Crippen LogP contribution >= 0.6 is 7.82 Å². The minimum Gasteiger partial charge on any atom is -0.310 e. The molecule has 0 bridgehead atoms. The molecule has 8 heteroatoms. The van der Waals surface area contributed by atoms with E-state index in [4.69, 9.17) is 4.89 Å². The van der Waals surface area contributed by atoms with Crippen molar-refractivity contribution in [1.82, 2.24) is 9.71 Å². The highest BCUT2D eigenvalue weighted by Crippen LogP contribution is 2.38. The van der Waals surface area contributed by atoms with Crippen molar-refractivity contribution in [3.05, 3.63) is 18.7 Å². The van der Waals surface area contributed by atoms with E-state index in [0.717, 1.165) is 4.73 Å². The molecule has 0 spiro atoms. The van der Waals surface area contributed by atoms with Crippen molar-refractivity contribution in [3.8, 4) is 0 Å². The number of phosphoric acid groups is 1. The SMILES string of the molecule is CC(=O)COP(=O)(O)On1ccnc1. The van der Waals surface area contributed by atoms with Crippen LogP contribution in [0.2, 0.25) is 0 Å². The molecule has 1 unspecified atom stereocenters. The van der Waals surface area contributed by atoms with E-state index in [2.05, 4.69) is 14.1 Å². The Balaban J connectivity index is 2.50. The summed E-state index contributed by atoms with van der Waals surface area (Å²) in [7, 11) is -4.23. The van der Waals surface area contributed by atoms with Gasteiger partial charge in [-0.05, 0) is 6.92 Å². The third-order valence-electron chi connectivity index (χ3n) is 1.11. The zero-order valence-electron chi connectivity index (χ0n) is 7.36. The van der Waals surface area contributed by atoms with Crippen LogP contribution in [0.15, 0.2) is 18.7 Å². The average Bonchev–Trinajstić information content (AvgIpc) is 2.53. The van der Waals surface area contributed by atoms with Crippen molar-refractivity contribution in [2.24, 2.45) is 0 Å². The molecule has 0 aliphatic rings. The molecule has 0 fully saturated rings. The molecule has 0 aliphatic heterocycles. The number of ketones is 1. The number of hydrogen-bond donors (Lipinski definition) is 1. The number of phosphoric ester groups is 1. The number of nitrogens with zero attached hydrogens (tertiary/aromatic N) is 2. The van der Waals surface area contributed by atoms with Crippen molar-refractivity contribution in [2.45, 2.75) is 6.92 Å². The summed E-state index contributed by atoms with van der Waals surface area (Å²) in [5, 5.41) is 0. The van der Waals surface area contributed by atoms with Gasteiger partial charge in [0.2, 0.25) is 0 Å². The number of carbonyl (C=O) groups excluding carboxylic acids is 1. The van der Waals surface area contributed by atoms with Crippen LogP contribution in [0.1, 0.15) is 6.92 Å². The summed E-state index contributed by atoms with van der Waals surface area (Å²) < 4.78 is 20.9. The van der Waals surface area contributed by atoms with Gasteiger partial charge in [0.25, 0.3) is 0 Å². The summed E-state index contributed by atoms with van der Waals surface area (Å²) in [6.45, 7) is 0.764. The van der Waals surface area contributed by atoms with E-state index in [0.29, 0.717) is 0 Å². The van der Waals surface area contributed by atoms with Crippen LogP contribution in [0.25, 0.3) is 0 Å². The predicted molar refractivity (Wildman–Crippen MR) is 45.3 cm³/mol. The van der Waals surface area contributed by atoms with Crippen molar-refractivity contribution in [2.75, 3.05) is 6.61 Å². The number of Topliss-reactive ketones (excluding diaryl/α,β-unsaturated/α-hetero) is 1. The van der Waals surface area contributed by atoms with Crippen molar-refractivity contribution in [3.63, 3.8) is 0 Å². The van der Waals surface area contributed by atoms with Gasteiger partial charge in [0.1, 0.15) is 12.9 Å². The van der Waals surface area contributed by atoms with Crippen LogP contribution in [0.5, 0.6) is 0 Å². The van der Waals surface area contributed by atoms with E-state index in [1.165, 1.54) is 25.6 Å². The van der Waals surface area contributed by atoms with Crippen LogP contribution in [-0.4, -0.2) is 27.0 Å². The molecule has 7 nitrogen and oxygen atoms in total. The molecule has 0 saturated carbocycles. The smallest absolute Gasteiger partial charge is 0.310 e. The van der Waals surface area contributed by atoms with Gasteiger partial charge in [-0.25, -0.2) is 9.55 Å². The van der Waals surface area contributed by atoms with Gasteiger partial charge < -0.3 is 4.62 Å². The quantitative estimate of drug-likeness (QED) is 0.703. The minimum absolute atomic E-state index is 0.367. The second kappa shape index (κ2) is 4.36. The van der Waals surface area contributed by atoms with E-state index in [-0.39, 0.29) is 5.78 Å². The number of rotatable bonds is 5. The Morgan fingerprint density at radius 3 is 2.93 bits per heavy atom. The van der Waals surface area contributed by atoms with Crippen molar-refractivity contribution < 1.29 is 23.4 Å². The molecule has 78 valence electrons. The Kier molecular flexibility index (Phi) is 3.40. The second-order valence-corrected chi connectivity index (χ2v) is 3.81. The van der Waals surface area contributed by atoms with E-state index in [1.54, 1.807) is 0 Å². The number of imidazole rings is 1. The fourth-order valence-corrected chi connectivity index (χ4v) is 1.34. The molecule has 1 aromatic rings. The lowest BCUT2D eigenvalue weighted by Gasteiger charge is -2.10. The molecular formula is C6H9N2O5P. The maximum absolute atomic E-state index is 11.1. The molecular weight excluding hydrogens is 211 g/mol. The standard InChI is InChI=1S/C6H9N2O5P/c1-6(9)4-12-14(10,11)13-8-3-2-7-5-8/h2-3,5H,4H2,1H3,(H,10,11). The van der Waals surface area contributed by atoms with Crippen molar-refractivity contribution in [1.29, 1.82) is 0 Å². The highest BCUT2D eigenvalue weighted by Gasteiger charge is 2.23. The van der Waals surface area contributed by atoms with Gasteiger partial charge in [-0.2, -0.15) is 4.73 Å². The first kappa shape index (κ1) is 10.9. The lowest BCUT2D eigenvalue weighted by Crippen LogP contribution is -2.11. The lowest BCUT2D eigenvalue weighted by atomic mass is 10.5. The fraction of sp³-hybridized carbons (Fsp3) is 0.333. The molecule has 1 atom stereocenters. The Bertz CT molecular complexity index is 349. The molecule has 0 saturated heterocycles. The summed E-state index contributed by atoms with van der Waals surface area (Å²) in [6, 6.07) is 0. The number of hydrogen-bond acceptors (Lipinski definition) is 5. The molecule has 0 radical (unpaired) electrons. The first-order chi connectivity index (χ1) is 6.49. The third-order valence-corrected chi connectivity index (χ3v) is 1.96. The molecule has 0 amide bonds. The monoisotopic (exact) mass is 220 g/mol. The van der Waals surface area contributed by atoms with E-state index < -0.39 is 14.4 Å². The van der Waals surface area contributed by atoms with E-state index >= 15 is 0 Å². The fourth-order valence-electron chi connectivity index (χ4n) is 0.610. The molecule has 1 N–H and O–H groups in total. The molecule has 1 aromatic heterocycles. The molecule has 0 aliphatic carbocycles. The first-order valence-corrected chi connectivity index (χ1v) is 5.14. The maximum Gasteiger partial charge on any atom is 0.546 e. The highest BCUT2D eigenvalue weighted by atomic mass is 31.2. The largest absolute Gasteiger partial charge is 0.546 e. The summed E-state index contributed by atoms with van der Waals surface area (Å²) in [4.78, 5) is 23.1. The molecule has 14 heavy (non-hydrogen) atoms. The maximum atomic E-state index is 11.1. The zero-order chi connectivity index (χ0) is 10.6. The van der Waals surface area contributed by atoms with E-state index in [9.17, 15) is 9.36 Å². The lowest BCUT2D eigenvalue weighted by molar-refractivity contribution is -0.119. The van der Waals surface area contributed by atoms with Crippen LogP contribution in [0.4, 0.5) is 0 Å². The van der Waals surface area contributed by atoms with Crippen LogP contribution in [0.3, 0.4) is 0 Å². The zero-order valence-corrected chi connectivity index (χ0v) is 8.26. The summed E-state index contributed by atoms with van der Waals surface area (Å²) >= 11 is 0. The topological polar surface area (TPSA) is 90.7 Å². The molecule has 1 heterocycles. The first-order valence-electron chi connectivity index (χ1n) is 3.64. The van der Waals surface area contributed by atoms with Crippen LogP contribution < -0.4 is 4.62 Å². The van der Waals surface area contributed by atoms with E-state index in [1.807, 2.05) is 0 Å². The second-order valence-electron chi connectivity index (χ2n) is 2.45. The molecule has 1 rings (SSSR count). The van der Waals surface area contributed by atoms with Crippen molar-refractivity contribution >= 4 is 13.6 Å². The van der Waals surface area contributed by atoms with Gasteiger partial charge in [0.05, 0.1) is 6.20 Å². The Morgan fingerprint density at radius 2 is 2.43 bits per heavy atom. The summed E-state index contributed by atoms with van der Waals surface area (Å²) in [6.07, 6.45) is 3.87. The van der Waals surface area contributed by atoms with Gasteiger partial charge in [0.15, 0.2) is 5.78 Å². The number of carbonyl (C=O) groups is 1. The van der Waals surface area contributed by atoms with Gasteiger partial charge >= 0.3 is 7.82 Å². The summed E-state index contributed by atoms with van der Waals surface area (Å²) in [5.74, 6) is -0.367. The summed E-state index contributed by atoms with van der Waals surface area (Å²) in [5.41, 5.74) is 0. The minimum atomic E-state index is -4.23. The van der Waals surface area contributed by atoms with Crippen LogP contribution in [0, 0.1) is 0 Å². The van der Waals surface area contributed by atoms with Gasteiger partial charge in [-0.3, -0.25) is 14.2 Å². The normalized spacial score (nSPS) is 14.7. The number of aromatic nitrogens is 2. The van der Waals surface area contributed by atoms with Crippen LogP contribution in [-0.2, 0) is 13.9 Å². The molecule has 0 aromatic carbocycles. The Morgan fingerprint density at radius 1 is 1.71 bits per heavy atom. The van der Waals surface area contributed by atoms with Gasteiger partial charge in [0, 0.05) is 6.20 Å². The Labute approximate surface area is 79.9 Å². The Hall–Kier alpha value is -1.17. The van der Waals surface area contributed by atoms with Gasteiger partial charge in [-0.1, -0.05) is 0 Å². The van der Waals surface area contributed by atoms with Gasteiger partial charge in [-0.15, -0.1) is 0 Å². The predicted octanol–water partition coefficient (Wildman–Crippen LogP) is 0.0177. The highest BCUT2D eigenvalue weighted by molar-refractivity contribution is 7.47. The average molecular weight is 220 g/mol.